The molecule has 0 aliphatic rings. The van der Waals surface area contributed by atoms with Crippen molar-refractivity contribution in [3.63, 3.8) is 0 Å². The molecule has 21 heavy (non-hydrogen) atoms. The van der Waals surface area contributed by atoms with Crippen LogP contribution in [0.5, 0.6) is 0 Å². The van der Waals surface area contributed by atoms with Crippen molar-refractivity contribution in [1.29, 1.82) is 10.5 Å². The number of aromatic amines is 1. The molecule has 0 saturated carbocycles. The second-order valence-electron chi connectivity index (χ2n) is 4.55. The largest absolute Gasteiger partial charge is 0.346 e. The van der Waals surface area contributed by atoms with Crippen LogP contribution in [0.4, 0.5) is 0 Å². The summed E-state index contributed by atoms with van der Waals surface area (Å²) in [7, 11) is 0. The minimum Gasteiger partial charge on any atom is -0.346 e. The lowest BCUT2D eigenvalue weighted by Crippen LogP contribution is -2.08. The zero-order valence-electron chi connectivity index (χ0n) is 11.1. The predicted molar refractivity (Wildman–Crippen MR) is 74.6 cm³/mol. The Morgan fingerprint density at radius 3 is 2.81 bits per heavy atom. The standard InChI is InChI=1S/C14H11N7/c15-4-1-11(2-5-16)21-8-10(7-20-21)13-12-3-6-17-14(12)19-9-18-13/h3,6-9,11H,1-2H2,(H,17,18,19). The van der Waals surface area contributed by atoms with E-state index >= 15 is 0 Å². The molecule has 0 spiro atoms. The molecule has 0 fully saturated rings. The van der Waals surface area contributed by atoms with Gasteiger partial charge in [-0.25, -0.2) is 9.97 Å². The van der Waals surface area contributed by atoms with Gasteiger partial charge in [-0.3, -0.25) is 4.68 Å². The van der Waals surface area contributed by atoms with Crippen molar-refractivity contribution in [3.8, 4) is 23.4 Å². The van der Waals surface area contributed by atoms with Gasteiger partial charge in [-0.05, 0) is 6.07 Å². The first-order valence-electron chi connectivity index (χ1n) is 6.40. The van der Waals surface area contributed by atoms with Crippen LogP contribution in [-0.2, 0) is 0 Å². The molecule has 0 aromatic carbocycles. The summed E-state index contributed by atoms with van der Waals surface area (Å²) < 4.78 is 1.66. The number of hydrogen-bond acceptors (Lipinski definition) is 5. The molecule has 0 aliphatic heterocycles. The minimum atomic E-state index is -0.239. The molecule has 3 aromatic rings. The van der Waals surface area contributed by atoms with Crippen LogP contribution in [-0.4, -0.2) is 24.7 Å². The molecule has 7 nitrogen and oxygen atoms in total. The normalized spacial score (nSPS) is 10.6. The average Bonchev–Trinajstić information content (AvgIpc) is 3.15. The van der Waals surface area contributed by atoms with Crippen molar-refractivity contribution >= 4 is 11.0 Å². The van der Waals surface area contributed by atoms with Crippen molar-refractivity contribution in [2.75, 3.05) is 0 Å². The average molecular weight is 277 g/mol. The van der Waals surface area contributed by atoms with E-state index in [4.69, 9.17) is 10.5 Å². The van der Waals surface area contributed by atoms with Crippen LogP contribution in [0, 0.1) is 22.7 Å². The van der Waals surface area contributed by atoms with Gasteiger partial charge in [-0.15, -0.1) is 0 Å². The van der Waals surface area contributed by atoms with Crippen LogP contribution in [0.3, 0.4) is 0 Å². The molecule has 0 atom stereocenters. The van der Waals surface area contributed by atoms with Gasteiger partial charge in [0.15, 0.2) is 0 Å². The van der Waals surface area contributed by atoms with Crippen LogP contribution >= 0.6 is 0 Å². The zero-order chi connectivity index (χ0) is 14.7. The first kappa shape index (κ1) is 12.8. The fourth-order valence-electron chi connectivity index (χ4n) is 2.23. The summed E-state index contributed by atoms with van der Waals surface area (Å²) >= 11 is 0. The highest BCUT2D eigenvalue weighted by Gasteiger charge is 2.14. The number of nitrogens with one attached hydrogen (secondary N) is 1. The number of hydrogen-bond donors (Lipinski definition) is 1. The molecule has 7 heteroatoms. The highest BCUT2D eigenvalue weighted by Crippen LogP contribution is 2.25. The van der Waals surface area contributed by atoms with E-state index in [2.05, 4.69) is 32.2 Å². The SMILES string of the molecule is N#CCC(CC#N)n1cc(-c2ncnc3[nH]ccc23)cn1. The summed E-state index contributed by atoms with van der Waals surface area (Å²) in [4.78, 5) is 11.5. The third-order valence-corrected chi connectivity index (χ3v) is 3.26. The topological polar surface area (TPSA) is 107 Å². The second-order valence-corrected chi connectivity index (χ2v) is 4.55. The Hall–Kier alpha value is -3.19. The third-order valence-electron chi connectivity index (χ3n) is 3.26. The van der Waals surface area contributed by atoms with Gasteiger partial charge < -0.3 is 4.98 Å². The lowest BCUT2D eigenvalue weighted by atomic mass is 10.1. The quantitative estimate of drug-likeness (QED) is 0.786. The third kappa shape index (κ3) is 2.33. The maximum atomic E-state index is 8.84. The van der Waals surface area contributed by atoms with Crippen molar-refractivity contribution in [1.82, 2.24) is 24.7 Å². The van der Waals surface area contributed by atoms with E-state index in [1.165, 1.54) is 6.33 Å². The molecule has 1 N–H and O–H groups in total. The number of fused-ring (bicyclic) bond motifs is 1. The maximum Gasteiger partial charge on any atom is 0.141 e. The summed E-state index contributed by atoms with van der Waals surface area (Å²) in [6.45, 7) is 0. The molecule has 0 unspecified atom stereocenters. The number of rotatable bonds is 4. The highest BCUT2D eigenvalue weighted by atomic mass is 15.3. The molecule has 3 heterocycles. The maximum absolute atomic E-state index is 8.84. The molecular formula is C14H11N7. The van der Waals surface area contributed by atoms with Crippen LogP contribution in [0.15, 0.2) is 31.0 Å². The van der Waals surface area contributed by atoms with Gasteiger partial charge in [0.1, 0.15) is 12.0 Å². The van der Waals surface area contributed by atoms with Crippen LogP contribution in [0.2, 0.25) is 0 Å². The van der Waals surface area contributed by atoms with Crippen molar-refractivity contribution < 1.29 is 0 Å². The van der Waals surface area contributed by atoms with Gasteiger partial charge >= 0.3 is 0 Å². The molecule has 0 aliphatic carbocycles. The van der Waals surface area contributed by atoms with Gasteiger partial charge in [0.2, 0.25) is 0 Å². The Morgan fingerprint density at radius 1 is 1.24 bits per heavy atom. The number of aromatic nitrogens is 5. The van der Waals surface area contributed by atoms with Gasteiger partial charge in [-0.2, -0.15) is 15.6 Å². The highest BCUT2D eigenvalue weighted by molar-refractivity contribution is 5.89. The molecule has 3 aromatic heterocycles. The Balaban J connectivity index is 2.00. The van der Waals surface area contributed by atoms with E-state index < -0.39 is 0 Å². The van der Waals surface area contributed by atoms with E-state index in [1.54, 1.807) is 17.1 Å². The minimum absolute atomic E-state index is 0.239. The van der Waals surface area contributed by atoms with E-state index in [0.29, 0.717) is 0 Å². The smallest absolute Gasteiger partial charge is 0.141 e. The molecule has 0 amide bonds. The van der Waals surface area contributed by atoms with Crippen molar-refractivity contribution in [2.24, 2.45) is 0 Å². The lowest BCUT2D eigenvalue weighted by molar-refractivity contribution is 0.470. The molecular weight excluding hydrogens is 266 g/mol. The number of nitrogens with zero attached hydrogens (tertiary/aromatic N) is 6. The van der Waals surface area contributed by atoms with Gasteiger partial charge in [0, 0.05) is 23.3 Å². The fraction of sp³-hybridized carbons (Fsp3) is 0.214. The Morgan fingerprint density at radius 2 is 2.05 bits per heavy atom. The summed E-state index contributed by atoms with van der Waals surface area (Å²) in [5.74, 6) is 0. The lowest BCUT2D eigenvalue weighted by Gasteiger charge is -2.09. The Labute approximate surface area is 120 Å². The Bertz CT molecular complexity index is 830. The first-order chi connectivity index (χ1) is 10.3. The van der Waals surface area contributed by atoms with Crippen molar-refractivity contribution in [3.05, 3.63) is 31.0 Å². The molecule has 0 radical (unpaired) electrons. The summed E-state index contributed by atoms with van der Waals surface area (Å²) in [6.07, 6.45) is 7.30. The van der Waals surface area contributed by atoms with E-state index in [0.717, 1.165) is 22.3 Å². The monoisotopic (exact) mass is 277 g/mol. The number of H-pyrrole nitrogens is 1. The molecule has 3 rings (SSSR count). The fourth-order valence-corrected chi connectivity index (χ4v) is 2.23. The van der Waals surface area contributed by atoms with E-state index in [9.17, 15) is 0 Å². The Kier molecular flexibility index (Phi) is 3.32. The molecule has 0 bridgehead atoms. The second kappa shape index (κ2) is 5.43. The zero-order valence-corrected chi connectivity index (χ0v) is 11.1. The van der Waals surface area contributed by atoms with Crippen LogP contribution in [0.1, 0.15) is 18.9 Å². The molecule has 102 valence electrons. The van der Waals surface area contributed by atoms with E-state index in [-0.39, 0.29) is 18.9 Å². The predicted octanol–water partition coefficient (Wildman–Crippen LogP) is 2.19. The van der Waals surface area contributed by atoms with Crippen LogP contribution < -0.4 is 0 Å². The van der Waals surface area contributed by atoms with Gasteiger partial charge in [-0.1, -0.05) is 0 Å². The van der Waals surface area contributed by atoms with Crippen LogP contribution in [0.25, 0.3) is 22.3 Å². The van der Waals surface area contributed by atoms with Gasteiger partial charge in [0.05, 0.1) is 42.9 Å². The number of nitriles is 2. The molecule has 0 saturated heterocycles. The van der Waals surface area contributed by atoms with Gasteiger partial charge in [0.25, 0.3) is 0 Å². The first-order valence-corrected chi connectivity index (χ1v) is 6.40. The summed E-state index contributed by atoms with van der Waals surface area (Å²) in [6, 6.07) is 5.83. The summed E-state index contributed by atoms with van der Waals surface area (Å²) in [5, 5.41) is 22.8. The van der Waals surface area contributed by atoms with Crippen molar-refractivity contribution in [2.45, 2.75) is 18.9 Å². The summed E-state index contributed by atoms with van der Waals surface area (Å²) in [5.41, 5.74) is 2.38. The van der Waals surface area contributed by atoms with E-state index in [1.807, 2.05) is 12.3 Å².